The molecule has 1 aliphatic rings. The molecular formula is C29H26F8O2. The van der Waals surface area contributed by atoms with Crippen LogP contribution < -0.4 is 9.47 Å². The molecule has 0 unspecified atom stereocenters. The molecule has 0 atom stereocenters. The maximum atomic E-state index is 14.8. The van der Waals surface area contributed by atoms with Gasteiger partial charge in [0.15, 0.2) is 41.4 Å². The topological polar surface area (TPSA) is 18.5 Å². The summed E-state index contributed by atoms with van der Waals surface area (Å²) in [7, 11) is 0. The van der Waals surface area contributed by atoms with E-state index in [1.54, 1.807) is 0 Å². The van der Waals surface area contributed by atoms with Gasteiger partial charge in [-0.25, -0.2) is 17.6 Å². The Bertz CT molecular complexity index is 1320. The minimum absolute atomic E-state index is 0.163. The summed E-state index contributed by atoms with van der Waals surface area (Å²) in [6.45, 7) is 0.467. The summed E-state index contributed by atoms with van der Waals surface area (Å²) >= 11 is 0. The molecule has 210 valence electrons. The minimum atomic E-state index is -4.27. The van der Waals surface area contributed by atoms with E-state index in [-0.39, 0.29) is 17.0 Å². The van der Waals surface area contributed by atoms with E-state index in [0.717, 1.165) is 43.9 Å². The number of halogens is 8. The average Bonchev–Trinajstić information content (AvgIpc) is 2.90. The molecule has 0 bridgehead atoms. The highest BCUT2D eigenvalue weighted by Gasteiger charge is 2.36. The zero-order chi connectivity index (χ0) is 28.3. The first-order chi connectivity index (χ1) is 18.5. The monoisotopic (exact) mass is 558 g/mol. The lowest BCUT2D eigenvalue weighted by atomic mass is 9.77. The number of hydrogen-bond donors (Lipinski definition) is 0. The highest BCUT2D eigenvalue weighted by atomic mass is 19.3. The van der Waals surface area contributed by atoms with E-state index in [9.17, 15) is 35.1 Å². The number of hydrogen-bond acceptors (Lipinski definition) is 2. The maximum absolute atomic E-state index is 14.8. The molecule has 1 aliphatic carbocycles. The molecule has 0 aliphatic heterocycles. The van der Waals surface area contributed by atoms with Crippen LogP contribution in [-0.2, 0) is 0 Å². The molecule has 0 aromatic heterocycles. The van der Waals surface area contributed by atoms with Crippen molar-refractivity contribution in [2.24, 2.45) is 5.92 Å². The Balaban J connectivity index is 1.43. The number of ether oxygens (including phenoxy) is 2. The van der Waals surface area contributed by atoms with Gasteiger partial charge in [0.1, 0.15) is 0 Å². The van der Waals surface area contributed by atoms with E-state index in [1.807, 2.05) is 0 Å². The van der Waals surface area contributed by atoms with Gasteiger partial charge in [0.25, 0.3) is 0 Å². The largest absolute Gasteiger partial charge is 0.480 e. The van der Waals surface area contributed by atoms with Crippen LogP contribution in [0.15, 0.2) is 42.5 Å². The van der Waals surface area contributed by atoms with Crippen LogP contribution in [0.5, 0.6) is 11.5 Å². The molecule has 3 aromatic rings. The van der Waals surface area contributed by atoms with Crippen molar-refractivity contribution in [3.05, 3.63) is 82.9 Å². The third-order valence-electron chi connectivity index (χ3n) is 6.99. The molecular weight excluding hydrogens is 532 g/mol. The van der Waals surface area contributed by atoms with E-state index < -0.39 is 64.7 Å². The zero-order valence-electron chi connectivity index (χ0n) is 21.0. The Hall–Kier alpha value is -3.30. The second-order valence-electron chi connectivity index (χ2n) is 9.68. The first-order valence-electron chi connectivity index (χ1n) is 12.6. The lowest BCUT2D eigenvalue weighted by Crippen LogP contribution is -2.33. The van der Waals surface area contributed by atoms with Gasteiger partial charge in [0.2, 0.25) is 11.6 Å². The summed E-state index contributed by atoms with van der Waals surface area (Å²) in [5.41, 5.74) is -0.590. The molecule has 0 radical (unpaired) electrons. The Labute approximate surface area is 220 Å². The van der Waals surface area contributed by atoms with Crippen molar-refractivity contribution in [1.82, 2.24) is 0 Å². The molecule has 10 heteroatoms. The van der Waals surface area contributed by atoms with Crippen molar-refractivity contribution in [3.63, 3.8) is 0 Å². The van der Waals surface area contributed by atoms with Crippen LogP contribution in [0.4, 0.5) is 35.1 Å². The normalized spacial score (nSPS) is 17.8. The van der Waals surface area contributed by atoms with Crippen LogP contribution in [0.1, 0.15) is 56.9 Å². The second-order valence-corrected chi connectivity index (χ2v) is 9.68. The summed E-state index contributed by atoms with van der Waals surface area (Å²) in [6.07, 6.45) is 1.08. The van der Waals surface area contributed by atoms with Crippen molar-refractivity contribution in [2.45, 2.75) is 57.5 Å². The number of alkyl halides is 2. The summed E-state index contributed by atoms with van der Waals surface area (Å²) in [5, 5.41) is 0. The van der Waals surface area contributed by atoms with Crippen LogP contribution in [0.25, 0.3) is 11.1 Å². The number of rotatable bonds is 9. The fraction of sp³-hybridized carbons (Fsp3) is 0.379. The Morgan fingerprint density at radius 3 is 2.08 bits per heavy atom. The Morgan fingerprint density at radius 2 is 1.41 bits per heavy atom. The van der Waals surface area contributed by atoms with Gasteiger partial charge in [-0.05, 0) is 79.0 Å². The standard InChI is InChI=1S/C29H26F8O2/c1-2-3-16-4-6-17(7-5-16)19-9-12-23(27(34)25(19)32)38-15-29(36,37)39-24-13-10-20(26(33)28(24)35)18-8-11-21(30)22(31)14-18/h8-14,16-17H,2-7,15H2,1H3. The lowest BCUT2D eigenvalue weighted by Gasteiger charge is -2.29. The molecule has 2 nitrogen and oxygen atoms in total. The maximum Gasteiger partial charge on any atom is 0.433 e. The zero-order valence-corrected chi connectivity index (χ0v) is 21.0. The molecule has 1 saturated carbocycles. The molecule has 0 N–H and O–H groups in total. The molecule has 3 aromatic carbocycles. The van der Waals surface area contributed by atoms with Gasteiger partial charge in [-0.2, -0.15) is 17.6 Å². The summed E-state index contributed by atoms with van der Waals surface area (Å²) < 4.78 is 123. The molecule has 0 amide bonds. The summed E-state index contributed by atoms with van der Waals surface area (Å²) in [4.78, 5) is 0. The van der Waals surface area contributed by atoms with E-state index in [1.165, 1.54) is 6.07 Å². The van der Waals surface area contributed by atoms with Gasteiger partial charge >= 0.3 is 6.11 Å². The third-order valence-corrected chi connectivity index (χ3v) is 6.99. The molecule has 1 fully saturated rings. The Kier molecular flexibility index (Phi) is 8.71. The van der Waals surface area contributed by atoms with E-state index in [2.05, 4.69) is 11.7 Å². The van der Waals surface area contributed by atoms with Crippen molar-refractivity contribution < 1.29 is 44.6 Å². The van der Waals surface area contributed by atoms with Crippen LogP contribution >= 0.6 is 0 Å². The molecule has 4 rings (SSSR count). The van der Waals surface area contributed by atoms with E-state index >= 15 is 0 Å². The van der Waals surface area contributed by atoms with Crippen LogP contribution in [0, 0.1) is 40.8 Å². The smallest absolute Gasteiger partial charge is 0.433 e. The fourth-order valence-electron chi connectivity index (χ4n) is 4.99. The van der Waals surface area contributed by atoms with Crippen molar-refractivity contribution in [1.29, 1.82) is 0 Å². The van der Waals surface area contributed by atoms with E-state index in [4.69, 9.17) is 4.74 Å². The Morgan fingerprint density at radius 1 is 0.744 bits per heavy atom. The van der Waals surface area contributed by atoms with Gasteiger partial charge in [-0.3, -0.25) is 0 Å². The van der Waals surface area contributed by atoms with E-state index in [0.29, 0.717) is 37.0 Å². The first kappa shape index (κ1) is 28.7. The average molecular weight is 559 g/mol. The van der Waals surface area contributed by atoms with Crippen molar-refractivity contribution in [3.8, 4) is 22.6 Å². The highest BCUT2D eigenvalue weighted by molar-refractivity contribution is 5.65. The van der Waals surface area contributed by atoms with Crippen LogP contribution in [0.3, 0.4) is 0 Å². The van der Waals surface area contributed by atoms with Gasteiger partial charge in [-0.1, -0.05) is 31.9 Å². The van der Waals surface area contributed by atoms with Gasteiger partial charge in [-0.15, -0.1) is 0 Å². The predicted octanol–water partition coefficient (Wildman–Crippen LogP) is 9.31. The molecule has 39 heavy (non-hydrogen) atoms. The fourth-order valence-corrected chi connectivity index (χ4v) is 4.99. The molecule has 0 heterocycles. The highest BCUT2D eigenvalue weighted by Crippen LogP contribution is 2.40. The van der Waals surface area contributed by atoms with Gasteiger partial charge in [0, 0.05) is 5.56 Å². The summed E-state index contributed by atoms with van der Waals surface area (Å²) in [5.74, 6) is -10.2. The van der Waals surface area contributed by atoms with Gasteiger partial charge in [0.05, 0.1) is 0 Å². The van der Waals surface area contributed by atoms with Crippen molar-refractivity contribution in [2.75, 3.05) is 6.61 Å². The quantitative estimate of drug-likeness (QED) is 0.244. The molecule has 0 spiro atoms. The second kappa shape index (κ2) is 11.8. The predicted molar refractivity (Wildman–Crippen MR) is 129 cm³/mol. The van der Waals surface area contributed by atoms with Gasteiger partial charge < -0.3 is 9.47 Å². The number of benzene rings is 3. The third kappa shape index (κ3) is 6.47. The summed E-state index contributed by atoms with van der Waals surface area (Å²) in [6, 6.07) is 6.18. The SMILES string of the molecule is CCCC1CCC(c2ccc(OCC(F)(F)Oc3ccc(-c4ccc(F)c(F)c4)c(F)c3F)c(F)c2F)CC1. The minimum Gasteiger partial charge on any atom is -0.480 e. The lowest BCUT2D eigenvalue weighted by molar-refractivity contribution is -0.197. The van der Waals surface area contributed by atoms with Crippen LogP contribution in [-0.4, -0.2) is 12.7 Å². The molecule has 0 saturated heterocycles. The first-order valence-corrected chi connectivity index (χ1v) is 12.6. The van der Waals surface area contributed by atoms with Crippen molar-refractivity contribution >= 4 is 0 Å². The van der Waals surface area contributed by atoms with Crippen LogP contribution in [0.2, 0.25) is 0 Å².